The summed E-state index contributed by atoms with van der Waals surface area (Å²) in [6, 6.07) is 22.3. The smallest absolute Gasteiger partial charge is 0.194 e. The van der Waals surface area contributed by atoms with Gasteiger partial charge in [0.2, 0.25) is 0 Å². The van der Waals surface area contributed by atoms with Crippen LogP contribution < -0.4 is 0 Å². The van der Waals surface area contributed by atoms with Crippen molar-refractivity contribution in [1.82, 2.24) is 9.97 Å². The topological polar surface area (TPSA) is 63.1 Å². The van der Waals surface area contributed by atoms with Gasteiger partial charge in [-0.3, -0.25) is 14.8 Å². The average molecular weight is 542 g/mol. The number of benzene rings is 2. The molecule has 0 radical (unpaired) electrons. The van der Waals surface area contributed by atoms with Crippen molar-refractivity contribution < 1.29 is 9.90 Å². The molecule has 0 aliphatic heterocycles. The van der Waals surface area contributed by atoms with Crippen molar-refractivity contribution in [3.63, 3.8) is 0 Å². The summed E-state index contributed by atoms with van der Waals surface area (Å²) in [5.74, 6) is -0.00981. The zero-order valence-electron chi connectivity index (χ0n) is 15.8. The number of carbonyl (C=O) groups is 1. The highest BCUT2D eigenvalue weighted by molar-refractivity contribution is 9.10. The molecule has 4 aromatic rings. The van der Waals surface area contributed by atoms with Gasteiger partial charge in [0.1, 0.15) is 6.10 Å². The molecule has 2 heterocycles. The number of ketones is 1. The van der Waals surface area contributed by atoms with E-state index in [4.69, 9.17) is 0 Å². The van der Waals surface area contributed by atoms with Crippen molar-refractivity contribution in [2.45, 2.75) is 13.5 Å². The lowest BCUT2D eigenvalue weighted by molar-refractivity contribution is 0.103. The maximum atomic E-state index is 11.9. The van der Waals surface area contributed by atoms with Gasteiger partial charge in [0.15, 0.2) is 5.78 Å². The second-order valence-electron chi connectivity index (χ2n) is 6.34. The van der Waals surface area contributed by atoms with E-state index < -0.39 is 6.10 Å². The van der Waals surface area contributed by atoms with Gasteiger partial charge in [-0.05, 0) is 49.6 Å². The monoisotopic (exact) mass is 540 g/mol. The van der Waals surface area contributed by atoms with Crippen molar-refractivity contribution in [2.75, 3.05) is 0 Å². The average Bonchev–Trinajstić information content (AvgIpc) is 2.80. The summed E-state index contributed by atoms with van der Waals surface area (Å²) in [6.07, 6.45) is 5.97. The summed E-state index contributed by atoms with van der Waals surface area (Å²) in [7, 11) is 0. The van der Waals surface area contributed by atoms with Crippen LogP contribution in [0.5, 0.6) is 0 Å². The predicted octanol–water partition coefficient (Wildman–Crippen LogP) is 6.64. The molecule has 1 atom stereocenters. The van der Waals surface area contributed by atoms with Crippen molar-refractivity contribution in [3.05, 3.63) is 129 Å². The summed E-state index contributed by atoms with van der Waals surface area (Å²) in [5.41, 5.74) is 2.93. The Labute approximate surface area is 199 Å². The van der Waals surface area contributed by atoms with Crippen molar-refractivity contribution >= 4 is 37.6 Å². The molecule has 4 rings (SSSR count). The maximum absolute atomic E-state index is 11.9. The van der Waals surface area contributed by atoms with Gasteiger partial charge >= 0.3 is 0 Å². The Balaban J connectivity index is 0.000000213. The number of hydrogen-bond donors (Lipinski definition) is 1. The highest BCUT2D eigenvalue weighted by Gasteiger charge is 2.10. The lowest BCUT2D eigenvalue weighted by Gasteiger charge is -2.10. The Bertz CT molecular complexity index is 1110. The minimum atomic E-state index is -0.615. The van der Waals surface area contributed by atoms with Crippen LogP contribution in [0.2, 0.25) is 0 Å². The molecule has 0 bridgehead atoms. The van der Waals surface area contributed by atoms with E-state index in [1.165, 1.54) is 0 Å². The molecule has 0 fully saturated rings. The fourth-order valence-electron chi connectivity index (χ4n) is 2.70. The molecular formula is C25H22Br2N2O2. The molecule has 6 heteroatoms. The van der Waals surface area contributed by atoms with E-state index in [0.717, 1.165) is 20.1 Å². The Kier molecular flexibility index (Phi) is 9.72. The Hall–Kier alpha value is -2.67. The first kappa shape index (κ1) is 24.6. The summed E-state index contributed by atoms with van der Waals surface area (Å²) in [4.78, 5) is 19.9. The van der Waals surface area contributed by atoms with Crippen LogP contribution in [0.4, 0.5) is 0 Å². The van der Waals surface area contributed by atoms with Gasteiger partial charge in [-0.15, -0.1) is 0 Å². The lowest BCUT2D eigenvalue weighted by Crippen LogP contribution is -2.01. The highest BCUT2D eigenvalue weighted by Crippen LogP contribution is 2.23. The van der Waals surface area contributed by atoms with Gasteiger partial charge < -0.3 is 5.11 Å². The van der Waals surface area contributed by atoms with Crippen molar-refractivity contribution in [3.8, 4) is 0 Å². The fraction of sp³-hybridized carbons (Fsp3) is 0.0800. The second kappa shape index (κ2) is 12.2. The van der Waals surface area contributed by atoms with Crippen LogP contribution in [-0.4, -0.2) is 20.9 Å². The van der Waals surface area contributed by atoms with Crippen LogP contribution in [0.25, 0.3) is 0 Å². The Morgan fingerprint density at radius 2 is 1.26 bits per heavy atom. The number of nitrogens with zero attached hydrogens (tertiary/aromatic N) is 2. The molecule has 0 saturated heterocycles. The van der Waals surface area contributed by atoms with E-state index >= 15 is 0 Å². The quantitative estimate of drug-likeness (QED) is 0.294. The summed E-state index contributed by atoms with van der Waals surface area (Å²) < 4.78 is 1.68. The number of aliphatic hydroxyl groups excluding tert-OH is 1. The van der Waals surface area contributed by atoms with Gasteiger partial charge in [-0.25, -0.2) is 0 Å². The molecular weight excluding hydrogens is 520 g/mol. The molecule has 0 aliphatic rings. The highest BCUT2D eigenvalue weighted by atomic mass is 79.9. The Morgan fingerprint density at radius 3 is 1.84 bits per heavy atom. The third-order valence-corrected chi connectivity index (χ3v) is 5.03. The normalized spacial score (nSPS) is 10.8. The number of aliphatic hydroxyl groups is 1. The van der Waals surface area contributed by atoms with Gasteiger partial charge in [0.05, 0.1) is 0 Å². The summed E-state index contributed by atoms with van der Waals surface area (Å²) >= 11 is 6.62. The number of aromatic nitrogens is 2. The predicted molar refractivity (Wildman–Crippen MR) is 131 cm³/mol. The van der Waals surface area contributed by atoms with Crippen LogP contribution in [0.1, 0.15) is 40.6 Å². The first-order valence-electron chi connectivity index (χ1n) is 9.08. The van der Waals surface area contributed by atoms with Crippen LogP contribution in [0, 0.1) is 0 Å². The largest absolute Gasteiger partial charge is 0.384 e. The molecule has 0 saturated carbocycles. The van der Waals surface area contributed by atoms with E-state index in [1.807, 2.05) is 54.6 Å². The SMILES string of the molecule is C.O=C(c1ccccc1)c1cncc(Br)c1.OC(c1ccccc1)c1cncc(Br)c1. The number of carbonyl (C=O) groups excluding carboxylic acids is 1. The molecule has 158 valence electrons. The number of halogens is 2. The molecule has 0 aliphatic carbocycles. The molecule has 1 N–H and O–H groups in total. The molecule has 31 heavy (non-hydrogen) atoms. The molecule has 0 spiro atoms. The molecule has 1 unspecified atom stereocenters. The summed E-state index contributed by atoms with van der Waals surface area (Å²) in [6.45, 7) is 0. The zero-order chi connectivity index (χ0) is 21.3. The minimum absolute atomic E-state index is 0. The molecule has 2 aromatic carbocycles. The molecule has 4 nitrogen and oxygen atoms in total. The zero-order valence-corrected chi connectivity index (χ0v) is 19.0. The third kappa shape index (κ3) is 7.21. The second-order valence-corrected chi connectivity index (χ2v) is 8.17. The van der Waals surface area contributed by atoms with Gasteiger partial charge in [0.25, 0.3) is 0 Å². The molecule has 2 aromatic heterocycles. The summed E-state index contributed by atoms with van der Waals surface area (Å²) in [5, 5.41) is 10.1. The minimum Gasteiger partial charge on any atom is -0.384 e. The number of rotatable bonds is 4. The van der Waals surface area contributed by atoms with Crippen LogP contribution >= 0.6 is 31.9 Å². The van der Waals surface area contributed by atoms with Crippen molar-refractivity contribution in [2.24, 2.45) is 0 Å². The standard InChI is InChI=1S/C12H10BrNO.C12H8BrNO.CH4/c2*13-11-6-10(7-14-8-11)12(15)9-4-2-1-3-5-9;/h1-8,12,15H;1-8H;1H4. The Morgan fingerprint density at radius 1 is 0.710 bits per heavy atom. The maximum Gasteiger partial charge on any atom is 0.194 e. The lowest BCUT2D eigenvalue weighted by atomic mass is 10.0. The van der Waals surface area contributed by atoms with Crippen LogP contribution in [0.3, 0.4) is 0 Å². The van der Waals surface area contributed by atoms with E-state index in [0.29, 0.717) is 11.1 Å². The van der Waals surface area contributed by atoms with E-state index in [-0.39, 0.29) is 13.2 Å². The molecule has 0 amide bonds. The third-order valence-electron chi connectivity index (χ3n) is 4.16. The van der Waals surface area contributed by atoms with E-state index in [1.54, 1.807) is 43.0 Å². The van der Waals surface area contributed by atoms with Crippen LogP contribution in [-0.2, 0) is 0 Å². The van der Waals surface area contributed by atoms with Gasteiger partial charge in [-0.2, -0.15) is 0 Å². The van der Waals surface area contributed by atoms with Crippen molar-refractivity contribution in [1.29, 1.82) is 0 Å². The van der Waals surface area contributed by atoms with Crippen LogP contribution in [0.15, 0.2) is 107 Å². The first-order chi connectivity index (χ1) is 14.5. The first-order valence-corrected chi connectivity index (χ1v) is 10.7. The van der Waals surface area contributed by atoms with Gasteiger partial charge in [0, 0.05) is 50.4 Å². The van der Waals surface area contributed by atoms with E-state index in [2.05, 4.69) is 41.8 Å². The van der Waals surface area contributed by atoms with Gasteiger partial charge in [-0.1, -0.05) is 68.1 Å². The van der Waals surface area contributed by atoms with E-state index in [9.17, 15) is 9.90 Å². The fourth-order valence-corrected chi connectivity index (χ4v) is 3.45. The number of hydrogen-bond acceptors (Lipinski definition) is 4. The number of pyridine rings is 2.